The van der Waals surface area contributed by atoms with E-state index in [9.17, 15) is 4.79 Å². The second-order valence-corrected chi connectivity index (χ2v) is 3.86. The maximum atomic E-state index is 11.6. The molecule has 0 aliphatic carbocycles. The van der Waals surface area contributed by atoms with Gasteiger partial charge in [-0.25, -0.2) is 9.78 Å². The van der Waals surface area contributed by atoms with E-state index in [1.54, 1.807) is 18.3 Å². The van der Waals surface area contributed by atoms with E-state index < -0.39 is 0 Å². The lowest BCUT2D eigenvalue weighted by molar-refractivity contribution is -0.141. The van der Waals surface area contributed by atoms with Gasteiger partial charge in [-0.1, -0.05) is 0 Å². The first kappa shape index (κ1) is 11.4. The highest BCUT2D eigenvalue weighted by molar-refractivity contribution is 5.81. The molecule has 1 aromatic heterocycles. The van der Waals surface area contributed by atoms with Crippen molar-refractivity contribution in [1.82, 2.24) is 4.98 Å². The van der Waals surface area contributed by atoms with Crippen molar-refractivity contribution in [3.8, 4) is 6.07 Å². The van der Waals surface area contributed by atoms with Crippen LogP contribution in [0.1, 0.15) is 18.4 Å². The first-order valence-corrected chi connectivity index (χ1v) is 5.47. The summed E-state index contributed by atoms with van der Waals surface area (Å²) in [6, 6.07) is 5.19. The van der Waals surface area contributed by atoms with Crippen LogP contribution in [0.15, 0.2) is 18.3 Å². The van der Waals surface area contributed by atoms with Crippen molar-refractivity contribution in [2.45, 2.75) is 18.9 Å². The van der Waals surface area contributed by atoms with Crippen LogP contribution in [-0.2, 0) is 9.53 Å². The lowest BCUT2D eigenvalue weighted by Gasteiger charge is -2.24. The number of carbonyl (C=O) groups is 1. The van der Waals surface area contributed by atoms with E-state index in [4.69, 9.17) is 10.00 Å². The van der Waals surface area contributed by atoms with Gasteiger partial charge in [0.05, 0.1) is 12.7 Å². The third-order valence-electron chi connectivity index (χ3n) is 2.91. The summed E-state index contributed by atoms with van der Waals surface area (Å²) >= 11 is 0. The maximum absolute atomic E-state index is 11.6. The highest BCUT2D eigenvalue weighted by Crippen LogP contribution is 2.26. The predicted molar refractivity (Wildman–Crippen MR) is 61.3 cm³/mol. The van der Waals surface area contributed by atoms with Gasteiger partial charge < -0.3 is 9.64 Å². The standard InChI is InChI=1S/C12H13N3O2/c1-17-12(16)10-5-3-7-15(10)11-9(8-13)4-2-6-14-11/h2,4,6,10H,3,5,7H2,1H3. The Morgan fingerprint density at radius 2 is 2.53 bits per heavy atom. The van der Waals surface area contributed by atoms with Crippen LogP contribution in [0.25, 0.3) is 0 Å². The van der Waals surface area contributed by atoms with Gasteiger partial charge in [0, 0.05) is 12.7 Å². The SMILES string of the molecule is COC(=O)C1CCCN1c1ncccc1C#N. The van der Waals surface area contributed by atoms with Gasteiger partial charge in [0.25, 0.3) is 0 Å². The fourth-order valence-electron chi connectivity index (χ4n) is 2.11. The molecule has 0 saturated carbocycles. The molecule has 5 nitrogen and oxygen atoms in total. The molecular formula is C12H13N3O2. The largest absolute Gasteiger partial charge is 0.467 e. The van der Waals surface area contributed by atoms with E-state index in [1.807, 2.05) is 4.90 Å². The van der Waals surface area contributed by atoms with Crippen LogP contribution in [0.4, 0.5) is 5.82 Å². The second kappa shape index (κ2) is 4.83. The van der Waals surface area contributed by atoms with Crippen molar-refractivity contribution < 1.29 is 9.53 Å². The predicted octanol–water partition coefficient (Wildman–Crippen LogP) is 1.10. The van der Waals surface area contributed by atoms with Gasteiger partial charge in [0.15, 0.2) is 0 Å². The molecule has 2 heterocycles. The van der Waals surface area contributed by atoms with Crippen LogP contribution in [0.5, 0.6) is 0 Å². The zero-order chi connectivity index (χ0) is 12.3. The zero-order valence-corrected chi connectivity index (χ0v) is 9.59. The molecule has 0 aromatic carbocycles. The summed E-state index contributed by atoms with van der Waals surface area (Å²) in [5, 5.41) is 9.03. The molecule has 1 unspecified atom stereocenters. The normalized spacial score (nSPS) is 18.8. The minimum absolute atomic E-state index is 0.267. The molecule has 0 radical (unpaired) electrons. The van der Waals surface area contributed by atoms with Crippen molar-refractivity contribution in [3.63, 3.8) is 0 Å². The molecule has 1 aromatic rings. The quantitative estimate of drug-likeness (QED) is 0.713. The fraction of sp³-hybridized carbons (Fsp3) is 0.417. The summed E-state index contributed by atoms with van der Waals surface area (Å²) in [4.78, 5) is 17.7. The molecule has 1 fully saturated rings. The number of anilines is 1. The molecule has 0 spiro atoms. The Morgan fingerprint density at radius 1 is 1.71 bits per heavy atom. The van der Waals surface area contributed by atoms with Crippen molar-refractivity contribution in [2.24, 2.45) is 0 Å². The first-order chi connectivity index (χ1) is 8.27. The van der Waals surface area contributed by atoms with Crippen molar-refractivity contribution in [2.75, 3.05) is 18.6 Å². The summed E-state index contributed by atoms with van der Waals surface area (Å²) < 4.78 is 4.77. The third kappa shape index (κ3) is 2.07. The van der Waals surface area contributed by atoms with E-state index in [0.717, 1.165) is 19.4 Å². The van der Waals surface area contributed by atoms with Gasteiger partial charge in [0.2, 0.25) is 0 Å². The number of nitriles is 1. The minimum atomic E-state index is -0.318. The molecule has 2 rings (SSSR count). The first-order valence-electron chi connectivity index (χ1n) is 5.47. The van der Waals surface area contributed by atoms with E-state index in [2.05, 4.69) is 11.1 Å². The summed E-state index contributed by atoms with van der Waals surface area (Å²) in [5.74, 6) is 0.306. The average molecular weight is 231 g/mol. The smallest absolute Gasteiger partial charge is 0.328 e. The highest BCUT2D eigenvalue weighted by Gasteiger charge is 2.33. The lowest BCUT2D eigenvalue weighted by atomic mass is 10.2. The van der Waals surface area contributed by atoms with Gasteiger partial charge in [-0.2, -0.15) is 5.26 Å². The fourth-order valence-corrected chi connectivity index (χ4v) is 2.11. The Hall–Kier alpha value is -2.09. The number of nitrogens with zero attached hydrogens (tertiary/aromatic N) is 3. The molecule has 0 bridgehead atoms. The Kier molecular flexibility index (Phi) is 3.24. The summed E-state index contributed by atoms with van der Waals surface area (Å²) in [6.07, 6.45) is 3.28. The van der Waals surface area contributed by atoms with E-state index >= 15 is 0 Å². The van der Waals surface area contributed by atoms with Crippen LogP contribution >= 0.6 is 0 Å². The molecule has 1 aliphatic rings. The molecule has 1 atom stereocenters. The van der Waals surface area contributed by atoms with Crippen LogP contribution < -0.4 is 4.90 Å². The number of hydrogen-bond acceptors (Lipinski definition) is 5. The lowest BCUT2D eigenvalue weighted by Crippen LogP contribution is -2.37. The highest BCUT2D eigenvalue weighted by atomic mass is 16.5. The number of methoxy groups -OCH3 is 1. The number of carbonyl (C=O) groups excluding carboxylic acids is 1. The van der Waals surface area contributed by atoms with Gasteiger partial charge in [-0.15, -0.1) is 0 Å². The Bertz CT molecular complexity index is 467. The van der Waals surface area contributed by atoms with Crippen molar-refractivity contribution >= 4 is 11.8 Å². The Labute approximate surface area is 99.6 Å². The van der Waals surface area contributed by atoms with Crippen LogP contribution in [0.2, 0.25) is 0 Å². The summed E-state index contributed by atoms with van der Waals surface area (Å²) in [7, 11) is 1.38. The molecule has 0 amide bonds. The number of hydrogen-bond donors (Lipinski definition) is 0. The summed E-state index contributed by atoms with van der Waals surface area (Å²) in [6.45, 7) is 0.728. The van der Waals surface area contributed by atoms with Crippen molar-refractivity contribution in [3.05, 3.63) is 23.9 Å². The maximum Gasteiger partial charge on any atom is 0.328 e. The second-order valence-electron chi connectivity index (χ2n) is 3.86. The monoisotopic (exact) mass is 231 g/mol. The van der Waals surface area contributed by atoms with E-state index in [-0.39, 0.29) is 12.0 Å². The number of ether oxygens (including phenoxy) is 1. The van der Waals surface area contributed by atoms with Crippen LogP contribution in [0.3, 0.4) is 0 Å². The zero-order valence-electron chi connectivity index (χ0n) is 9.59. The number of esters is 1. The molecule has 1 aliphatic heterocycles. The average Bonchev–Trinajstić information content (AvgIpc) is 2.86. The van der Waals surface area contributed by atoms with Crippen LogP contribution in [-0.4, -0.2) is 30.6 Å². The molecule has 88 valence electrons. The Morgan fingerprint density at radius 3 is 3.24 bits per heavy atom. The molecule has 1 saturated heterocycles. The van der Waals surface area contributed by atoms with Gasteiger partial charge in [0.1, 0.15) is 17.9 Å². The summed E-state index contributed by atoms with van der Waals surface area (Å²) in [5.41, 5.74) is 0.489. The number of aromatic nitrogens is 1. The number of rotatable bonds is 2. The molecule has 17 heavy (non-hydrogen) atoms. The Balaban J connectivity index is 2.33. The van der Waals surface area contributed by atoms with E-state index in [0.29, 0.717) is 11.4 Å². The van der Waals surface area contributed by atoms with E-state index in [1.165, 1.54) is 7.11 Å². The molecule has 5 heteroatoms. The van der Waals surface area contributed by atoms with Gasteiger partial charge in [-0.05, 0) is 25.0 Å². The van der Waals surface area contributed by atoms with Gasteiger partial charge >= 0.3 is 5.97 Å². The van der Waals surface area contributed by atoms with Crippen LogP contribution in [0, 0.1) is 11.3 Å². The van der Waals surface area contributed by atoms with Gasteiger partial charge in [-0.3, -0.25) is 0 Å². The molecular weight excluding hydrogens is 218 g/mol. The molecule has 0 N–H and O–H groups in total. The van der Waals surface area contributed by atoms with Crippen molar-refractivity contribution in [1.29, 1.82) is 5.26 Å². The number of pyridine rings is 1. The minimum Gasteiger partial charge on any atom is -0.467 e. The third-order valence-corrected chi connectivity index (χ3v) is 2.91. The topological polar surface area (TPSA) is 66.2 Å².